The summed E-state index contributed by atoms with van der Waals surface area (Å²) >= 11 is 12.6. The Bertz CT molecular complexity index is 1130. The Morgan fingerprint density at radius 2 is 1.92 bits per heavy atom. The number of halogens is 2. The summed E-state index contributed by atoms with van der Waals surface area (Å²) in [6, 6.07) is 15.2. The summed E-state index contributed by atoms with van der Waals surface area (Å²) in [4.78, 5) is 9.01. The van der Waals surface area contributed by atoms with Gasteiger partial charge in [-0.15, -0.1) is 0 Å². The molecule has 4 rings (SSSR count). The summed E-state index contributed by atoms with van der Waals surface area (Å²) in [5, 5.41) is 11.2. The van der Waals surface area contributed by atoms with Gasteiger partial charge in [0.15, 0.2) is 0 Å². The molecule has 24 heavy (non-hydrogen) atoms. The van der Waals surface area contributed by atoms with Crippen LogP contribution < -0.4 is 0 Å². The van der Waals surface area contributed by atoms with Crippen molar-refractivity contribution in [3.05, 3.63) is 64.5 Å². The van der Waals surface area contributed by atoms with E-state index < -0.39 is 0 Å². The van der Waals surface area contributed by atoms with Crippen molar-refractivity contribution in [3.8, 4) is 11.8 Å². The fourth-order valence-corrected chi connectivity index (χ4v) is 3.25. The molecule has 0 spiro atoms. The molecule has 2 aromatic heterocycles. The van der Waals surface area contributed by atoms with Crippen molar-refractivity contribution in [2.45, 2.75) is 6.42 Å². The molecule has 6 heteroatoms. The number of para-hydroxylation sites is 1. The zero-order valence-corrected chi connectivity index (χ0v) is 13.9. The first-order valence-electron chi connectivity index (χ1n) is 7.26. The molecule has 0 aliphatic carbocycles. The third-order valence-electron chi connectivity index (χ3n) is 3.84. The minimum absolute atomic E-state index is 0.169. The number of aromatic nitrogens is 3. The number of rotatable bonds is 2. The second-order valence-corrected chi connectivity index (χ2v) is 6.15. The van der Waals surface area contributed by atoms with E-state index in [0.717, 1.165) is 22.1 Å². The van der Waals surface area contributed by atoms with Gasteiger partial charge in [-0.2, -0.15) is 5.26 Å². The number of benzene rings is 2. The van der Waals surface area contributed by atoms with Crippen LogP contribution in [0.4, 0.5) is 0 Å². The average Bonchev–Trinajstić information content (AvgIpc) is 2.94. The van der Waals surface area contributed by atoms with Gasteiger partial charge in [0.05, 0.1) is 40.4 Å². The molecule has 2 aromatic carbocycles. The summed E-state index contributed by atoms with van der Waals surface area (Å²) < 4.78 is 1.92. The van der Waals surface area contributed by atoms with Crippen molar-refractivity contribution < 1.29 is 0 Å². The Labute approximate surface area is 147 Å². The van der Waals surface area contributed by atoms with Crippen molar-refractivity contribution >= 4 is 45.1 Å². The van der Waals surface area contributed by atoms with Crippen LogP contribution in [0.2, 0.25) is 10.0 Å². The lowest BCUT2D eigenvalue weighted by atomic mass is 10.2. The first-order chi connectivity index (χ1) is 11.7. The van der Waals surface area contributed by atoms with E-state index in [0.29, 0.717) is 21.4 Å². The minimum Gasteiger partial charge on any atom is -0.293 e. The molecule has 0 bridgehead atoms. The van der Waals surface area contributed by atoms with Crippen molar-refractivity contribution in [1.82, 2.24) is 14.5 Å². The molecule has 0 fully saturated rings. The zero-order valence-electron chi connectivity index (χ0n) is 12.4. The molecule has 0 aliphatic heterocycles. The van der Waals surface area contributed by atoms with Crippen LogP contribution in [0, 0.1) is 11.3 Å². The van der Waals surface area contributed by atoms with Gasteiger partial charge in [-0.05, 0) is 30.3 Å². The monoisotopic (exact) mass is 352 g/mol. The molecule has 0 amide bonds. The normalized spacial score (nSPS) is 11.0. The SMILES string of the molecule is N#CCc1nc2cnc3ccc(Cl)cc3c2n1-c1ccccc1Cl. The fourth-order valence-electron chi connectivity index (χ4n) is 2.86. The van der Waals surface area contributed by atoms with E-state index in [1.165, 1.54) is 0 Å². The van der Waals surface area contributed by atoms with Crippen molar-refractivity contribution in [3.63, 3.8) is 0 Å². The second kappa shape index (κ2) is 5.79. The Morgan fingerprint density at radius 3 is 2.71 bits per heavy atom. The standard InChI is InChI=1S/C18H10Cl2N4/c19-11-5-6-14-12(9-11)18-15(10-22-14)23-17(7-8-21)24(18)16-4-2-1-3-13(16)20/h1-6,9-10H,7H2. The van der Waals surface area contributed by atoms with Gasteiger partial charge in [0.2, 0.25) is 0 Å². The summed E-state index contributed by atoms with van der Waals surface area (Å²) in [6.07, 6.45) is 1.88. The van der Waals surface area contributed by atoms with Crippen molar-refractivity contribution in [2.75, 3.05) is 0 Å². The van der Waals surface area contributed by atoms with Crippen LogP contribution in [0.25, 0.3) is 27.6 Å². The number of nitriles is 1. The third kappa shape index (κ3) is 2.30. The molecule has 0 saturated carbocycles. The zero-order chi connectivity index (χ0) is 16.7. The molecule has 0 saturated heterocycles. The van der Waals surface area contributed by atoms with Crippen molar-refractivity contribution in [1.29, 1.82) is 5.26 Å². The molecule has 0 N–H and O–H groups in total. The predicted molar refractivity (Wildman–Crippen MR) is 95.7 cm³/mol. The number of pyridine rings is 1. The van der Waals surface area contributed by atoms with Gasteiger partial charge in [0, 0.05) is 10.4 Å². The molecule has 0 radical (unpaired) electrons. The number of fused-ring (bicyclic) bond motifs is 3. The lowest BCUT2D eigenvalue weighted by Crippen LogP contribution is -2.01. The predicted octanol–water partition coefficient (Wildman–Crippen LogP) is 4.95. The molecule has 4 nitrogen and oxygen atoms in total. The smallest absolute Gasteiger partial charge is 0.128 e. The maximum atomic E-state index is 9.17. The average molecular weight is 353 g/mol. The van der Waals surface area contributed by atoms with E-state index in [1.807, 2.05) is 41.0 Å². The van der Waals surface area contributed by atoms with E-state index in [4.69, 9.17) is 28.5 Å². The maximum absolute atomic E-state index is 9.17. The Balaban J connectivity index is 2.20. The number of nitrogens with zero attached hydrogens (tertiary/aromatic N) is 4. The van der Waals surface area contributed by atoms with Gasteiger partial charge in [0.1, 0.15) is 11.3 Å². The van der Waals surface area contributed by atoms with Gasteiger partial charge in [-0.3, -0.25) is 9.55 Å². The number of imidazole rings is 1. The molecule has 4 aromatic rings. The molecule has 116 valence electrons. The minimum atomic E-state index is 0.169. The van der Waals surface area contributed by atoms with Gasteiger partial charge in [-0.1, -0.05) is 35.3 Å². The lowest BCUT2D eigenvalue weighted by Gasteiger charge is -2.11. The van der Waals surface area contributed by atoms with E-state index in [2.05, 4.69) is 16.0 Å². The van der Waals surface area contributed by atoms with E-state index in [-0.39, 0.29) is 6.42 Å². The fraction of sp³-hybridized carbons (Fsp3) is 0.0556. The second-order valence-electron chi connectivity index (χ2n) is 5.30. The van der Waals surface area contributed by atoms with Gasteiger partial charge >= 0.3 is 0 Å². The Kier molecular flexibility index (Phi) is 3.61. The molecule has 0 unspecified atom stereocenters. The molecular formula is C18H10Cl2N4. The molecule has 2 heterocycles. The summed E-state index contributed by atoms with van der Waals surface area (Å²) in [6.45, 7) is 0. The quantitative estimate of drug-likeness (QED) is 0.513. The lowest BCUT2D eigenvalue weighted by molar-refractivity contribution is 0.956. The molecule has 0 aliphatic rings. The largest absolute Gasteiger partial charge is 0.293 e. The first-order valence-corrected chi connectivity index (χ1v) is 8.02. The van der Waals surface area contributed by atoms with E-state index >= 15 is 0 Å². The Hall–Kier alpha value is -2.61. The molecule has 0 atom stereocenters. The third-order valence-corrected chi connectivity index (χ3v) is 4.40. The summed E-state index contributed by atoms with van der Waals surface area (Å²) in [7, 11) is 0. The van der Waals surface area contributed by atoms with Crippen LogP contribution in [-0.2, 0) is 6.42 Å². The highest BCUT2D eigenvalue weighted by Gasteiger charge is 2.17. The van der Waals surface area contributed by atoms with Gasteiger partial charge in [0.25, 0.3) is 0 Å². The maximum Gasteiger partial charge on any atom is 0.128 e. The van der Waals surface area contributed by atoms with Crippen LogP contribution in [0.15, 0.2) is 48.7 Å². The topological polar surface area (TPSA) is 54.5 Å². The summed E-state index contributed by atoms with van der Waals surface area (Å²) in [5.41, 5.74) is 3.14. The van der Waals surface area contributed by atoms with E-state index in [9.17, 15) is 0 Å². The van der Waals surface area contributed by atoms with Crippen LogP contribution >= 0.6 is 23.2 Å². The number of hydrogen-bond acceptors (Lipinski definition) is 3. The highest BCUT2D eigenvalue weighted by Crippen LogP contribution is 2.32. The van der Waals surface area contributed by atoms with Crippen molar-refractivity contribution in [2.24, 2.45) is 0 Å². The first kappa shape index (κ1) is 14.9. The molecular weight excluding hydrogens is 343 g/mol. The van der Waals surface area contributed by atoms with Crippen LogP contribution in [0.5, 0.6) is 0 Å². The summed E-state index contributed by atoms with van der Waals surface area (Å²) in [5.74, 6) is 0.620. The van der Waals surface area contributed by atoms with Crippen LogP contribution in [-0.4, -0.2) is 14.5 Å². The Morgan fingerprint density at radius 1 is 1.08 bits per heavy atom. The van der Waals surface area contributed by atoms with Gasteiger partial charge in [-0.25, -0.2) is 4.98 Å². The highest BCUT2D eigenvalue weighted by molar-refractivity contribution is 6.33. The van der Waals surface area contributed by atoms with Crippen LogP contribution in [0.1, 0.15) is 5.82 Å². The highest BCUT2D eigenvalue weighted by atomic mass is 35.5. The number of hydrogen-bond donors (Lipinski definition) is 0. The van der Waals surface area contributed by atoms with Crippen LogP contribution in [0.3, 0.4) is 0 Å². The van der Waals surface area contributed by atoms with Gasteiger partial charge < -0.3 is 0 Å². The van der Waals surface area contributed by atoms with E-state index in [1.54, 1.807) is 12.3 Å².